The summed E-state index contributed by atoms with van der Waals surface area (Å²) in [5.74, 6) is -0.350. The van der Waals surface area contributed by atoms with Crippen molar-refractivity contribution in [2.75, 3.05) is 6.26 Å². The van der Waals surface area contributed by atoms with E-state index in [1.54, 1.807) is 48.5 Å². The van der Waals surface area contributed by atoms with Crippen LogP contribution >= 0.6 is 0 Å². The van der Waals surface area contributed by atoms with Crippen molar-refractivity contribution < 1.29 is 16.8 Å². The van der Waals surface area contributed by atoms with Gasteiger partial charge in [0.05, 0.1) is 28.9 Å². The summed E-state index contributed by atoms with van der Waals surface area (Å²) in [7, 11) is -6.51. The Bertz CT molecular complexity index is 970. The van der Waals surface area contributed by atoms with E-state index in [-0.39, 0.29) is 17.3 Å². The molecule has 2 aromatic rings. The summed E-state index contributed by atoms with van der Waals surface area (Å²) in [4.78, 5) is 0. The predicted octanol–water partition coefficient (Wildman–Crippen LogP) is 2.22. The van der Waals surface area contributed by atoms with E-state index < -0.39 is 19.7 Å². The number of nitrogens with zero attached hydrogens (tertiary/aromatic N) is 1. The van der Waals surface area contributed by atoms with Crippen LogP contribution in [0.4, 0.5) is 0 Å². The largest absolute Gasteiger partial charge is 0.229 e. The SMILES string of the molecule is CS(=O)(=O)Cc1ccc(CS(=O)(=O)Cc2cccc(C#N)c2)cc1. The van der Waals surface area contributed by atoms with Crippen LogP contribution in [0.25, 0.3) is 0 Å². The van der Waals surface area contributed by atoms with Crippen molar-refractivity contribution in [3.05, 3.63) is 70.8 Å². The first kappa shape index (κ1) is 18.2. The number of rotatable bonds is 6. The van der Waals surface area contributed by atoms with Gasteiger partial charge in [-0.25, -0.2) is 16.8 Å². The van der Waals surface area contributed by atoms with Crippen LogP contribution in [0.3, 0.4) is 0 Å². The third-order valence-corrected chi connectivity index (χ3v) is 5.69. The Labute approximate surface area is 142 Å². The molecule has 0 fully saturated rings. The highest BCUT2D eigenvalue weighted by atomic mass is 32.2. The van der Waals surface area contributed by atoms with Gasteiger partial charge in [0.15, 0.2) is 19.7 Å². The van der Waals surface area contributed by atoms with E-state index in [9.17, 15) is 16.8 Å². The smallest absolute Gasteiger partial charge is 0.158 e. The van der Waals surface area contributed by atoms with Gasteiger partial charge in [-0.05, 0) is 28.8 Å². The van der Waals surface area contributed by atoms with Crippen LogP contribution in [-0.2, 0) is 36.9 Å². The molecule has 0 saturated heterocycles. The first-order chi connectivity index (χ1) is 11.2. The minimum atomic E-state index is -3.39. The highest BCUT2D eigenvalue weighted by Crippen LogP contribution is 2.15. The van der Waals surface area contributed by atoms with Crippen LogP contribution in [0.2, 0.25) is 0 Å². The van der Waals surface area contributed by atoms with Crippen LogP contribution in [-0.4, -0.2) is 23.1 Å². The molecule has 0 heterocycles. The lowest BCUT2D eigenvalue weighted by atomic mass is 10.2. The summed E-state index contributed by atoms with van der Waals surface area (Å²) in [5.41, 5.74) is 2.22. The highest BCUT2D eigenvalue weighted by Gasteiger charge is 2.14. The minimum Gasteiger partial charge on any atom is -0.229 e. The first-order valence-electron chi connectivity index (χ1n) is 7.12. The van der Waals surface area contributed by atoms with Gasteiger partial charge in [0.2, 0.25) is 0 Å². The summed E-state index contributed by atoms with van der Waals surface area (Å²) in [6.07, 6.45) is 1.15. The van der Waals surface area contributed by atoms with Crippen LogP contribution in [0, 0.1) is 11.3 Å². The van der Waals surface area contributed by atoms with Gasteiger partial charge in [-0.3, -0.25) is 0 Å². The normalized spacial score (nSPS) is 11.8. The van der Waals surface area contributed by atoms with Crippen molar-refractivity contribution in [2.24, 2.45) is 0 Å². The maximum absolute atomic E-state index is 12.3. The minimum absolute atomic E-state index is 0.0685. The maximum atomic E-state index is 12.3. The lowest BCUT2D eigenvalue weighted by molar-refractivity contribution is 0.594. The third kappa shape index (κ3) is 5.80. The van der Waals surface area contributed by atoms with Gasteiger partial charge in [-0.1, -0.05) is 36.4 Å². The van der Waals surface area contributed by atoms with Crippen LogP contribution in [0.5, 0.6) is 0 Å². The molecule has 24 heavy (non-hydrogen) atoms. The number of sulfone groups is 2. The van der Waals surface area contributed by atoms with E-state index in [0.29, 0.717) is 22.3 Å². The molecule has 0 atom stereocenters. The first-order valence-corrected chi connectivity index (χ1v) is 11.0. The highest BCUT2D eigenvalue weighted by molar-refractivity contribution is 7.90. The fourth-order valence-electron chi connectivity index (χ4n) is 2.32. The zero-order valence-corrected chi connectivity index (χ0v) is 14.8. The topological polar surface area (TPSA) is 92.1 Å². The second-order valence-corrected chi connectivity index (χ2v) is 9.94. The van der Waals surface area contributed by atoms with E-state index in [1.165, 1.54) is 0 Å². The van der Waals surface area contributed by atoms with Gasteiger partial charge in [0, 0.05) is 6.26 Å². The molecule has 0 aromatic heterocycles. The van der Waals surface area contributed by atoms with Gasteiger partial charge >= 0.3 is 0 Å². The summed E-state index contributed by atoms with van der Waals surface area (Å²) in [6.45, 7) is 0. The molecular formula is C17H17NO4S2. The van der Waals surface area contributed by atoms with Gasteiger partial charge in [-0.15, -0.1) is 0 Å². The van der Waals surface area contributed by atoms with E-state index in [0.717, 1.165) is 6.26 Å². The summed E-state index contributed by atoms with van der Waals surface area (Å²) >= 11 is 0. The Morgan fingerprint density at radius 2 is 1.38 bits per heavy atom. The molecule has 0 bridgehead atoms. The van der Waals surface area contributed by atoms with Crippen LogP contribution in [0.15, 0.2) is 48.5 Å². The second-order valence-electron chi connectivity index (χ2n) is 5.73. The van der Waals surface area contributed by atoms with E-state index in [1.807, 2.05) is 6.07 Å². The molecule has 2 rings (SSSR count). The van der Waals surface area contributed by atoms with Gasteiger partial charge < -0.3 is 0 Å². The van der Waals surface area contributed by atoms with Crippen molar-refractivity contribution in [1.29, 1.82) is 5.26 Å². The molecule has 0 aliphatic heterocycles. The molecule has 0 radical (unpaired) electrons. The number of nitriles is 1. The lowest BCUT2D eigenvalue weighted by Crippen LogP contribution is -2.08. The van der Waals surface area contributed by atoms with Crippen molar-refractivity contribution >= 4 is 19.7 Å². The molecule has 0 aliphatic carbocycles. The van der Waals surface area contributed by atoms with Gasteiger partial charge in [0.25, 0.3) is 0 Å². The zero-order valence-electron chi connectivity index (χ0n) is 13.1. The summed E-state index contributed by atoms with van der Waals surface area (Å²) in [5, 5.41) is 8.86. The van der Waals surface area contributed by atoms with Gasteiger partial charge in [-0.2, -0.15) is 5.26 Å². The quantitative estimate of drug-likeness (QED) is 0.785. The summed E-state index contributed by atoms with van der Waals surface area (Å²) in [6, 6.07) is 15.0. The fraction of sp³-hybridized carbons (Fsp3) is 0.235. The Morgan fingerprint density at radius 1 is 0.833 bits per heavy atom. The van der Waals surface area contributed by atoms with Crippen LogP contribution < -0.4 is 0 Å². The lowest BCUT2D eigenvalue weighted by Gasteiger charge is -2.06. The Hall–Kier alpha value is -2.17. The third-order valence-electron chi connectivity index (χ3n) is 3.28. The van der Waals surface area contributed by atoms with E-state index in [4.69, 9.17) is 5.26 Å². The van der Waals surface area contributed by atoms with E-state index >= 15 is 0 Å². The van der Waals surface area contributed by atoms with Crippen molar-refractivity contribution in [2.45, 2.75) is 17.3 Å². The molecule has 2 aromatic carbocycles. The Kier molecular flexibility index (Phi) is 5.42. The number of hydrogen-bond donors (Lipinski definition) is 0. The molecule has 0 N–H and O–H groups in total. The average molecular weight is 363 g/mol. The Morgan fingerprint density at radius 3 is 1.92 bits per heavy atom. The molecule has 126 valence electrons. The number of benzene rings is 2. The van der Waals surface area contributed by atoms with Crippen molar-refractivity contribution in [1.82, 2.24) is 0 Å². The second kappa shape index (κ2) is 7.16. The zero-order chi connectivity index (χ0) is 17.8. The van der Waals surface area contributed by atoms with Gasteiger partial charge in [0.1, 0.15) is 0 Å². The van der Waals surface area contributed by atoms with Crippen molar-refractivity contribution in [3.8, 4) is 6.07 Å². The maximum Gasteiger partial charge on any atom is 0.158 e. The molecule has 0 amide bonds. The van der Waals surface area contributed by atoms with Crippen LogP contribution in [0.1, 0.15) is 22.3 Å². The standard InChI is InChI=1S/C17H17NO4S2/c1-23(19,20)11-14-5-7-15(8-6-14)12-24(21,22)13-17-4-2-3-16(9-17)10-18/h2-9H,11-13H2,1H3. The molecule has 7 heteroatoms. The number of hydrogen-bond acceptors (Lipinski definition) is 5. The average Bonchev–Trinajstić information content (AvgIpc) is 2.47. The molecular weight excluding hydrogens is 346 g/mol. The molecule has 0 saturated carbocycles. The predicted molar refractivity (Wildman–Crippen MR) is 92.5 cm³/mol. The fourth-order valence-corrected chi connectivity index (χ4v) is 4.61. The van der Waals surface area contributed by atoms with Crippen molar-refractivity contribution in [3.63, 3.8) is 0 Å². The molecule has 5 nitrogen and oxygen atoms in total. The van der Waals surface area contributed by atoms with E-state index in [2.05, 4.69) is 0 Å². The summed E-state index contributed by atoms with van der Waals surface area (Å²) < 4.78 is 47.1. The Balaban J connectivity index is 2.10. The molecule has 0 aliphatic rings. The molecule has 0 spiro atoms. The molecule has 0 unspecified atom stereocenters. The monoisotopic (exact) mass is 363 g/mol.